The first-order valence-electron chi connectivity index (χ1n) is 5.62. The highest BCUT2D eigenvalue weighted by Gasteiger charge is 2.17. The van der Waals surface area contributed by atoms with E-state index >= 15 is 0 Å². The van der Waals surface area contributed by atoms with Gasteiger partial charge in [-0.2, -0.15) is 0 Å². The summed E-state index contributed by atoms with van der Waals surface area (Å²) in [5, 5.41) is 8.76. The summed E-state index contributed by atoms with van der Waals surface area (Å²) in [6.45, 7) is 1.99. The van der Waals surface area contributed by atoms with Crippen LogP contribution in [0.15, 0.2) is 24.3 Å². The molecule has 0 unspecified atom stereocenters. The molecule has 0 bridgehead atoms. The molecular weight excluding hydrogens is 230 g/mol. The van der Waals surface area contributed by atoms with Crippen molar-refractivity contribution in [2.24, 2.45) is 0 Å². The molecule has 0 fully saturated rings. The Hall–Kier alpha value is -2.28. The number of amides is 1. The fourth-order valence-electron chi connectivity index (χ4n) is 1.56. The first-order chi connectivity index (χ1) is 8.58. The Morgan fingerprint density at radius 1 is 1.33 bits per heavy atom. The molecule has 1 aromatic carbocycles. The van der Waals surface area contributed by atoms with Gasteiger partial charge in [0.1, 0.15) is 6.54 Å². The number of carbonyl (C=O) groups is 2. The van der Waals surface area contributed by atoms with Crippen LogP contribution in [0.2, 0.25) is 0 Å². The van der Waals surface area contributed by atoms with Gasteiger partial charge in [0.15, 0.2) is 0 Å². The van der Waals surface area contributed by atoms with Gasteiger partial charge in [0.2, 0.25) is 0 Å². The first kappa shape index (κ1) is 13.8. The number of aliphatic carboxylic acids is 1. The molecule has 1 amide bonds. The van der Waals surface area contributed by atoms with Crippen molar-refractivity contribution in [3.8, 4) is 5.92 Å². The second-order valence-corrected chi connectivity index (χ2v) is 3.82. The molecule has 1 aromatic rings. The van der Waals surface area contributed by atoms with Gasteiger partial charge in [0.25, 0.3) is 5.91 Å². The number of benzene rings is 1. The maximum Gasteiger partial charge on any atom is 0.323 e. The van der Waals surface area contributed by atoms with Gasteiger partial charge in [-0.15, -0.1) is 0 Å². The molecule has 0 aromatic heterocycles. The molecular formula is C14H14NO3. The van der Waals surface area contributed by atoms with Crippen LogP contribution in [-0.2, 0) is 4.79 Å². The summed E-state index contributed by atoms with van der Waals surface area (Å²) in [7, 11) is 0. The molecule has 18 heavy (non-hydrogen) atoms. The summed E-state index contributed by atoms with van der Waals surface area (Å²) >= 11 is 0. The predicted octanol–water partition coefficient (Wildman–Crippen LogP) is 1.56. The third-order valence-electron chi connectivity index (χ3n) is 2.38. The molecule has 0 aliphatic rings. The average Bonchev–Trinajstić information content (AvgIpc) is 2.37. The second-order valence-electron chi connectivity index (χ2n) is 3.82. The summed E-state index contributed by atoms with van der Waals surface area (Å²) in [6, 6.07) is 6.35. The van der Waals surface area contributed by atoms with Crippen molar-refractivity contribution in [3.05, 3.63) is 41.8 Å². The minimum Gasteiger partial charge on any atom is -0.480 e. The van der Waals surface area contributed by atoms with E-state index in [1.54, 1.807) is 24.3 Å². The lowest BCUT2D eigenvalue weighted by atomic mass is 10.1. The van der Waals surface area contributed by atoms with Crippen molar-refractivity contribution < 1.29 is 14.7 Å². The molecule has 4 nitrogen and oxygen atoms in total. The molecule has 0 spiro atoms. The average molecular weight is 244 g/mol. The minimum atomic E-state index is -1.03. The number of rotatable bonds is 5. The van der Waals surface area contributed by atoms with Crippen LogP contribution in [0.4, 0.5) is 0 Å². The van der Waals surface area contributed by atoms with Gasteiger partial charge < -0.3 is 10.0 Å². The van der Waals surface area contributed by atoms with E-state index in [0.29, 0.717) is 24.1 Å². The lowest BCUT2D eigenvalue weighted by molar-refractivity contribution is -0.137. The van der Waals surface area contributed by atoms with E-state index in [-0.39, 0.29) is 12.5 Å². The van der Waals surface area contributed by atoms with E-state index in [1.807, 2.05) is 6.92 Å². The van der Waals surface area contributed by atoms with E-state index in [4.69, 9.17) is 11.5 Å². The molecule has 0 saturated carbocycles. The van der Waals surface area contributed by atoms with Crippen LogP contribution in [0.25, 0.3) is 0 Å². The maximum absolute atomic E-state index is 12.1. The van der Waals surface area contributed by atoms with Crippen LogP contribution < -0.4 is 0 Å². The van der Waals surface area contributed by atoms with Gasteiger partial charge in [-0.25, -0.2) is 0 Å². The Labute approximate surface area is 106 Å². The van der Waals surface area contributed by atoms with Gasteiger partial charge in [-0.1, -0.05) is 12.8 Å². The van der Waals surface area contributed by atoms with Crippen LogP contribution in [0.5, 0.6) is 0 Å². The Morgan fingerprint density at radius 3 is 2.39 bits per heavy atom. The fourth-order valence-corrected chi connectivity index (χ4v) is 1.56. The summed E-state index contributed by atoms with van der Waals surface area (Å²) in [5.41, 5.74) is 0.996. The van der Waals surface area contributed by atoms with Gasteiger partial charge in [-0.3, -0.25) is 9.59 Å². The summed E-state index contributed by atoms with van der Waals surface area (Å²) < 4.78 is 0. The zero-order chi connectivity index (χ0) is 13.5. The Balaban J connectivity index is 2.87. The highest BCUT2D eigenvalue weighted by molar-refractivity contribution is 5.95. The molecule has 1 rings (SSSR count). The van der Waals surface area contributed by atoms with E-state index in [2.05, 4.69) is 5.92 Å². The minimum absolute atomic E-state index is 0.300. The number of nitrogens with zero attached hydrogens (tertiary/aromatic N) is 1. The van der Waals surface area contributed by atoms with Crippen molar-refractivity contribution in [1.82, 2.24) is 4.90 Å². The van der Waals surface area contributed by atoms with E-state index < -0.39 is 5.97 Å². The van der Waals surface area contributed by atoms with Crippen LogP contribution >= 0.6 is 0 Å². The highest BCUT2D eigenvalue weighted by Crippen LogP contribution is 2.07. The predicted molar refractivity (Wildman–Crippen MR) is 66.5 cm³/mol. The summed E-state index contributed by atoms with van der Waals surface area (Å²) in [6.07, 6.45) is 7.64. The van der Waals surface area contributed by atoms with Crippen LogP contribution in [0.1, 0.15) is 29.3 Å². The lowest BCUT2D eigenvalue weighted by Crippen LogP contribution is -2.36. The van der Waals surface area contributed by atoms with Crippen LogP contribution in [-0.4, -0.2) is 35.0 Å². The van der Waals surface area contributed by atoms with Crippen molar-refractivity contribution in [1.29, 1.82) is 0 Å². The third-order valence-corrected chi connectivity index (χ3v) is 2.38. The van der Waals surface area contributed by atoms with Gasteiger partial charge in [-0.05, 0) is 37.1 Å². The zero-order valence-electron chi connectivity index (χ0n) is 10.1. The number of carboxylic acids is 1. The molecule has 93 valence electrons. The number of carbonyl (C=O) groups excluding carboxylic acids is 1. The Bertz CT molecular complexity index is 471. The Kier molecular flexibility index (Phi) is 4.94. The second kappa shape index (κ2) is 6.45. The van der Waals surface area contributed by atoms with Crippen LogP contribution in [0, 0.1) is 12.3 Å². The molecule has 0 saturated heterocycles. The summed E-state index contributed by atoms with van der Waals surface area (Å²) in [4.78, 5) is 24.1. The highest BCUT2D eigenvalue weighted by atomic mass is 16.4. The number of carboxylic acid groups (broad SMARTS) is 1. The maximum atomic E-state index is 12.1. The third kappa shape index (κ3) is 3.63. The van der Waals surface area contributed by atoms with Crippen LogP contribution in [0.3, 0.4) is 0 Å². The monoisotopic (exact) mass is 244 g/mol. The quantitative estimate of drug-likeness (QED) is 0.800. The smallest absolute Gasteiger partial charge is 0.323 e. The molecule has 0 atom stereocenters. The van der Waals surface area contributed by atoms with Crippen molar-refractivity contribution in [2.75, 3.05) is 13.1 Å². The van der Waals surface area contributed by atoms with Gasteiger partial charge in [0, 0.05) is 17.7 Å². The lowest BCUT2D eigenvalue weighted by Gasteiger charge is -2.19. The first-order valence-corrected chi connectivity index (χ1v) is 5.62. The van der Waals surface area contributed by atoms with E-state index in [0.717, 1.165) is 0 Å². The van der Waals surface area contributed by atoms with E-state index in [1.165, 1.54) is 4.90 Å². The molecule has 4 heteroatoms. The SMILES string of the molecule is [C]#Cc1ccc(C(=O)N(CCC)CC(=O)O)cc1. The molecule has 1 N–H and O–H groups in total. The number of hydrogen-bond acceptors (Lipinski definition) is 2. The molecule has 0 aliphatic heterocycles. The normalized spacial score (nSPS) is 9.56. The van der Waals surface area contributed by atoms with Crippen molar-refractivity contribution in [3.63, 3.8) is 0 Å². The molecule has 0 heterocycles. The zero-order valence-corrected chi connectivity index (χ0v) is 10.1. The van der Waals surface area contributed by atoms with Crippen molar-refractivity contribution >= 4 is 11.9 Å². The fraction of sp³-hybridized carbons (Fsp3) is 0.286. The topological polar surface area (TPSA) is 57.6 Å². The Morgan fingerprint density at radius 2 is 1.94 bits per heavy atom. The summed E-state index contributed by atoms with van der Waals surface area (Å²) in [5.74, 6) is 0.875. The van der Waals surface area contributed by atoms with Gasteiger partial charge in [0.05, 0.1) is 0 Å². The largest absolute Gasteiger partial charge is 0.480 e. The number of hydrogen-bond donors (Lipinski definition) is 1. The van der Waals surface area contributed by atoms with Crippen molar-refractivity contribution in [2.45, 2.75) is 13.3 Å². The van der Waals surface area contributed by atoms with E-state index in [9.17, 15) is 9.59 Å². The molecule has 1 radical (unpaired) electrons. The molecule has 0 aliphatic carbocycles. The van der Waals surface area contributed by atoms with Gasteiger partial charge >= 0.3 is 5.97 Å². The standard InChI is InChI=1S/C14H14NO3/c1-3-9-15(10-13(16)17)14(18)12-7-5-11(4-2)6-8-12/h5-8H,3,9-10H2,1H3,(H,16,17).